The third-order valence-corrected chi connectivity index (χ3v) is 2.63. The fourth-order valence-corrected chi connectivity index (χ4v) is 1.27. The number of urea groups is 1. The van der Waals surface area contributed by atoms with Gasteiger partial charge in [-0.3, -0.25) is 10.1 Å². The number of imide groups is 1. The number of aliphatic carboxylic acids is 1. The molecule has 1 rings (SSSR count). The zero-order valence-electron chi connectivity index (χ0n) is 11.2. The summed E-state index contributed by atoms with van der Waals surface area (Å²) in [5.74, 6) is -4.06. The van der Waals surface area contributed by atoms with Crippen molar-refractivity contribution in [1.82, 2.24) is 5.32 Å². The average molecular weight is 298 g/mol. The molecule has 3 N–H and O–H groups in total. The number of rotatable bonds is 3. The molecule has 0 aromatic heterocycles. The second-order valence-corrected chi connectivity index (χ2v) is 4.09. The van der Waals surface area contributed by atoms with Gasteiger partial charge < -0.3 is 10.4 Å². The second kappa shape index (κ2) is 6.60. The van der Waals surface area contributed by atoms with Gasteiger partial charge in [-0.05, 0) is 26.0 Å². The summed E-state index contributed by atoms with van der Waals surface area (Å²) < 4.78 is 26.0. The molecule has 0 saturated heterocycles. The van der Waals surface area contributed by atoms with E-state index in [4.69, 9.17) is 5.11 Å². The van der Waals surface area contributed by atoms with Crippen molar-refractivity contribution in [3.8, 4) is 0 Å². The van der Waals surface area contributed by atoms with Crippen LogP contribution in [0, 0.1) is 11.6 Å². The molecule has 8 heteroatoms. The molecule has 112 valence electrons. The summed E-state index contributed by atoms with van der Waals surface area (Å²) in [5.41, 5.74) is -0.719. The first-order chi connectivity index (χ1) is 9.72. The van der Waals surface area contributed by atoms with Crippen LogP contribution < -0.4 is 10.6 Å². The SMILES string of the molecule is CC(C(=O)O)=C(C)C(=O)NC(=O)Nc1ccc(F)cc1F. The van der Waals surface area contributed by atoms with Crippen molar-refractivity contribution in [2.24, 2.45) is 0 Å². The van der Waals surface area contributed by atoms with E-state index in [1.807, 2.05) is 10.6 Å². The van der Waals surface area contributed by atoms with Crippen LogP contribution in [-0.2, 0) is 9.59 Å². The minimum absolute atomic E-state index is 0.169. The first-order valence-electron chi connectivity index (χ1n) is 5.70. The van der Waals surface area contributed by atoms with Crippen LogP contribution in [0.5, 0.6) is 0 Å². The van der Waals surface area contributed by atoms with Crippen molar-refractivity contribution in [3.05, 3.63) is 41.0 Å². The normalized spacial score (nSPS) is 11.4. The van der Waals surface area contributed by atoms with E-state index in [2.05, 4.69) is 0 Å². The van der Waals surface area contributed by atoms with E-state index in [0.29, 0.717) is 6.07 Å². The lowest BCUT2D eigenvalue weighted by Crippen LogP contribution is -2.35. The highest BCUT2D eigenvalue weighted by Gasteiger charge is 2.16. The smallest absolute Gasteiger partial charge is 0.331 e. The van der Waals surface area contributed by atoms with Crippen molar-refractivity contribution < 1.29 is 28.3 Å². The van der Waals surface area contributed by atoms with E-state index in [1.165, 1.54) is 13.8 Å². The Morgan fingerprint density at radius 3 is 2.24 bits per heavy atom. The Balaban J connectivity index is 2.76. The van der Waals surface area contributed by atoms with Gasteiger partial charge in [0.05, 0.1) is 5.69 Å². The molecule has 0 radical (unpaired) electrons. The monoisotopic (exact) mass is 298 g/mol. The predicted molar refractivity (Wildman–Crippen MR) is 69.5 cm³/mol. The third kappa shape index (κ3) is 4.37. The van der Waals surface area contributed by atoms with E-state index in [-0.39, 0.29) is 16.8 Å². The molecule has 0 aliphatic carbocycles. The summed E-state index contributed by atoms with van der Waals surface area (Å²) in [5, 5.41) is 12.6. The fourth-order valence-electron chi connectivity index (χ4n) is 1.27. The predicted octanol–water partition coefficient (Wildman–Crippen LogP) is 2.03. The molecule has 0 heterocycles. The van der Waals surface area contributed by atoms with Crippen molar-refractivity contribution in [1.29, 1.82) is 0 Å². The number of hydrogen-bond acceptors (Lipinski definition) is 3. The van der Waals surface area contributed by atoms with Crippen LogP contribution in [0.4, 0.5) is 19.3 Å². The number of benzene rings is 1. The molecule has 0 spiro atoms. The van der Waals surface area contributed by atoms with Crippen molar-refractivity contribution in [2.45, 2.75) is 13.8 Å². The number of carbonyl (C=O) groups excluding carboxylic acids is 2. The van der Waals surface area contributed by atoms with Crippen LogP contribution >= 0.6 is 0 Å². The minimum atomic E-state index is -1.30. The second-order valence-electron chi connectivity index (χ2n) is 4.09. The van der Waals surface area contributed by atoms with Crippen LogP contribution in [0.3, 0.4) is 0 Å². The molecular weight excluding hydrogens is 286 g/mol. The zero-order chi connectivity index (χ0) is 16.2. The van der Waals surface area contributed by atoms with Gasteiger partial charge in [-0.25, -0.2) is 18.4 Å². The Bertz CT molecular complexity index is 641. The number of nitrogens with one attached hydrogen (secondary N) is 2. The molecule has 0 fully saturated rings. The van der Waals surface area contributed by atoms with Gasteiger partial charge in [0.25, 0.3) is 5.91 Å². The van der Waals surface area contributed by atoms with Crippen LogP contribution in [0.15, 0.2) is 29.3 Å². The maximum Gasteiger partial charge on any atom is 0.331 e. The number of carbonyl (C=O) groups is 3. The van der Waals surface area contributed by atoms with E-state index >= 15 is 0 Å². The van der Waals surface area contributed by atoms with E-state index in [1.54, 1.807) is 0 Å². The molecule has 3 amide bonds. The van der Waals surface area contributed by atoms with Gasteiger partial charge in [-0.2, -0.15) is 0 Å². The van der Waals surface area contributed by atoms with Crippen LogP contribution in [0.25, 0.3) is 0 Å². The Morgan fingerprint density at radius 2 is 1.71 bits per heavy atom. The van der Waals surface area contributed by atoms with Crippen molar-refractivity contribution in [2.75, 3.05) is 5.32 Å². The summed E-state index contributed by atoms with van der Waals surface area (Å²) in [7, 11) is 0. The zero-order valence-corrected chi connectivity index (χ0v) is 11.2. The van der Waals surface area contributed by atoms with Crippen LogP contribution in [0.2, 0.25) is 0 Å². The molecule has 0 unspecified atom stereocenters. The molecule has 0 bridgehead atoms. The van der Waals surface area contributed by atoms with Gasteiger partial charge in [0.1, 0.15) is 11.6 Å². The fraction of sp³-hybridized carbons (Fsp3) is 0.154. The van der Waals surface area contributed by atoms with Gasteiger partial charge in [0.2, 0.25) is 0 Å². The maximum absolute atomic E-state index is 13.3. The molecule has 1 aromatic carbocycles. The molecule has 1 aromatic rings. The lowest BCUT2D eigenvalue weighted by atomic mass is 10.1. The number of carboxylic acids is 1. The average Bonchev–Trinajstić information content (AvgIpc) is 2.40. The van der Waals surface area contributed by atoms with Gasteiger partial charge >= 0.3 is 12.0 Å². The molecule has 0 atom stereocenters. The summed E-state index contributed by atoms with van der Waals surface area (Å²) in [6, 6.07) is 1.42. The van der Waals surface area contributed by atoms with Crippen molar-refractivity contribution in [3.63, 3.8) is 0 Å². The maximum atomic E-state index is 13.3. The van der Waals surface area contributed by atoms with E-state index in [9.17, 15) is 23.2 Å². The summed E-state index contributed by atoms with van der Waals surface area (Å²) >= 11 is 0. The van der Waals surface area contributed by atoms with E-state index in [0.717, 1.165) is 12.1 Å². The Labute approximate surface area is 118 Å². The molecule has 0 saturated carbocycles. The highest BCUT2D eigenvalue weighted by molar-refractivity contribution is 6.10. The number of anilines is 1. The summed E-state index contributed by atoms with van der Waals surface area (Å²) in [6.07, 6.45) is 0. The Morgan fingerprint density at radius 1 is 1.10 bits per heavy atom. The summed E-state index contributed by atoms with van der Waals surface area (Å²) in [4.78, 5) is 33.7. The number of amides is 3. The highest BCUT2D eigenvalue weighted by atomic mass is 19.1. The molecule has 0 aliphatic heterocycles. The number of halogens is 2. The Hall–Kier alpha value is -2.77. The first kappa shape index (κ1) is 16.3. The van der Waals surface area contributed by atoms with Gasteiger partial charge in [0, 0.05) is 17.2 Å². The molecule has 6 nitrogen and oxygen atoms in total. The minimum Gasteiger partial charge on any atom is -0.478 e. The highest BCUT2D eigenvalue weighted by Crippen LogP contribution is 2.14. The van der Waals surface area contributed by atoms with Crippen molar-refractivity contribution >= 4 is 23.6 Å². The number of hydrogen-bond donors (Lipinski definition) is 3. The van der Waals surface area contributed by atoms with Gasteiger partial charge in [-0.1, -0.05) is 0 Å². The lowest BCUT2D eigenvalue weighted by Gasteiger charge is -2.08. The largest absolute Gasteiger partial charge is 0.478 e. The first-order valence-corrected chi connectivity index (χ1v) is 5.70. The lowest BCUT2D eigenvalue weighted by molar-refractivity contribution is -0.133. The number of carboxylic acid groups (broad SMARTS) is 1. The third-order valence-electron chi connectivity index (χ3n) is 2.63. The van der Waals surface area contributed by atoms with Crippen LogP contribution in [0.1, 0.15) is 13.8 Å². The van der Waals surface area contributed by atoms with Gasteiger partial charge in [-0.15, -0.1) is 0 Å². The van der Waals surface area contributed by atoms with E-state index < -0.39 is 29.5 Å². The Kier molecular flexibility index (Phi) is 5.12. The van der Waals surface area contributed by atoms with Crippen LogP contribution in [-0.4, -0.2) is 23.0 Å². The standard InChI is InChI=1S/C13H12F2N2O4/c1-6(7(2)12(19)20)11(18)17-13(21)16-10-4-3-8(14)5-9(10)15/h3-5H,1-2H3,(H,19,20)(H2,16,17,18,21). The molecular formula is C13H12F2N2O4. The summed E-state index contributed by atoms with van der Waals surface area (Å²) in [6.45, 7) is 2.43. The quantitative estimate of drug-likeness (QED) is 0.744. The molecule has 0 aliphatic rings. The topological polar surface area (TPSA) is 95.5 Å². The van der Waals surface area contributed by atoms with Gasteiger partial charge in [0.15, 0.2) is 0 Å². The molecule has 21 heavy (non-hydrogen) atoms.